The van der Waals surface area contributed by atoms with E-state index in [-0.39, 0.29) is 0 Å². The van der Waals surface area contributed by atoms with Crippen molar-refractivity contribution in [2.45, 2.75) is 58.7 Å². The number of benzene rings is 1. The zero-order chi connectivity index (χ0) is 19.8. The molecule has 28 heavy (non-hydrogen) atoms. The van der Waals surface area contributed by atoms with E-state index in [1.165, 1.54) is 17.7 Å². The number of thiazole rings is 1. The van der Waals surface area contributed by atoms with E-state index in [4.69, 9.17) is 14.5 Å². The number of ether oxygens (including phenoxy) is 2. The predicted molar refractivity (Wildman–Crippen MR) is 114 cm³/mol. The number of nitrogens with one attached hydrogen (secondary N) is 2. The highest BCUT2D eigenvalue weighted by Crippen LogP contribution is 2.32. The summed E-state index contributed by atoms with van der Waals surface area (Å²) in [6.07, 6.45) is 6.93. The second-order valence-electron chi connectivity index (χ2n) is 6.92. The summed E-state index contributed by atoms with van der Waals surface area (Å²) in [7, 11) is 1.68. The highest BCUT2D eigenvalue weighted by atomic mass is 32.1. The fraction of sp³-hybridized carbons (Fsp3) is 0.524. The topological polar surface area (TPSA) is 67.8 Å². The minimum Gasteiger partial charge on any atom is -0.493 e. The second-order valence-corrected chi connectivity index (χ2v) is 8.24. The van der Waals surface area contributed by atoms with Crippen LogP contribution in [0.15, 0.2) is 29.4 Å². The molecule has 6 nitrogen and oxygen atoms in total. The van der Waals surface area contributed by atoms with Crippen molar-refractivity contribution in [1.82, 2.24) is 15.6 Å². The van der Waals surface area contributed by atoms with Crippen molar-refractivity contribution in [3.63, 3.8) is 0 Å². The molecule has 0 bridgehead atoms. The third-order valence-electron chi connectivity index (χ3n) is 4.66. The summed E-state index contributed by atoms with van der Waals surface area (Å²) in [5.74, 6) is 2.38. The zero-order valence-electron chi connectivity index (χ0n) is 17.0. The Kier molecular flexibility index (Phi) is 7.54. The van der Waals surface area contributed by atoms with Gasteiger partial charge in [0.15, 0.2) is 17.5 Å². The molecule has 7 heteroatoms. The SMILES string of the molecule is CCNC(=NCc1ccc(OC)c(OC2CCCC2)c1)NCc1ncc(C)s1. The molecule has 2 aromatic rings. The summed E-state index contributed by atoms with van der Waals surface area (Å²) in [6.45, 7) is 6.17. The van der Waals surface area contributed by atoms with Crippen LogP contribution < -0.4 is 20.1 Å². The maximum atomic E-state index is 6.19. The Balaban J connectivity index is 1.65. The Morgan fingerprint density at radius 1 is 1.25 bits per heavy atom. The van der Waals surface area contributed by atoms with Gasteiger partial charge in [-0.25, -0.2) is 9.98 Å². The maximum Gasteiger partial charge on any atom is 0.191 e. The molecular formula is C21H30N4O2S. The number of nitrogens with zero attached hydrogens (tertiary/aromatic N) is 2. The Bertz CT molecular complexity index is 784. The van der Waals surface area contributed by atoms with Gasteiger partial charge < -0.3 is 20.1 Å². The van der Waals surface area contributed by atoms with Crippen LogP contribution in [0.2, 0.25) is 0 Å². The number of aliphatic imine (C=N–C) groups is 1. The van der Waals surface area contributed by atoms with Gasteiger partial charge in [-0.2, -0.15) is 0 Å². The van der Waals surface area contributed by atoms with Crippen LogP contribution in [0, 0.1) is 6.92 Å². The summed E-state index contributed by atoms with van der Waals surface area (Å²) < 4.78 is 11.7. The third kappa shape index (κ3) is 5.86. The Morgan fingerprint density at radius 3 is 2.75 bits per heavy atom. The van der Waals surface area contributed by atoms with E-state index >= 15 is 0 Å². The molecule has 0 radical (unpaired) electrons. The molecule has 1 heterocycles. The van der Waals surface area contributed by atoms with Crippen molar-refractivity contribution in [3.05, 3.63) is 39.8 Å². The molecule has 3 rings (SSSR count). The minimum absolute atomic E-state index is 0.299. The quantitative estimate of drug-likeness (QED) is 0.515. The van der Waals surface area contributed by atoms with Gasteiger partial charge in [-0.1, -0.05) is 6.07 Å². The van der Waals surface area contributed by atoms with E-state index in [2.05, 4.69) is 35.5 Å². The normalized spacial score (nSPS) is 14.9. The van der Waals surface area contributed by atoms with Crippen LogP contribution in [0.1, 0.15) is 48.1 Å². The fourth-order valence-corrected chi connectivity index (χ4v) is 3.98. The van der Waals surface area contributed by atoms with Gasteiger partial charge in [-0.15, -0.1) is 11.3 Å². The van der Waals surface area contributed by atoms with Gasteiger partial charge in [0.25, 0.3) is 0 Å². The number of hydrogen-bond donors (Lipinski definition) is 2. The molecule has 1 fully saturated rings. The second kappa shape index (κ2) is 10.3. The molecule has 0 aliphatic heterocycles. The maximum absolute atomic E-state index is 6.19. The molecule has 1 aromatic heterocycles. The number of aromatic nitrogens is 1. The first-order valence-corrected chi connectivity index (χ1v) is 10.8. The van der Waals surface area contributed by atoms with Crippen molar-refractivity contribution < 1.29 is 9.47 Å². The van der Waals surface area contributed by atoms with Gasteiger partial charge in [-0.05, 0) is 57.2 Å². The van der Waals surface area contributed by atoms with Crippen molar-refractivity contribution >= 4 is 17.3 Å². The van der Waals surface area contributed by atoms with Crippen molar-refractivity contribution in [3.8, 4) is 11.5 Å². The van der Waals surface area contributed by atoms with Crippen LogP contribution in [0.4, 0.5) is 0 Å². The van der Waals surface area contributed by atoms with E-state index in [1.807, 2.05) is 18.3 Å². The van der Waals surface area contributed by atoms with E-state index in [0.717, 1.165) is 47.4 Å². The molecule has 1 saturated carbocycles. The van der Waals surface area contributed by atoms with Crippen LogP contribution in [0.25, 0.3) is 0 Å². The molecule has 0 spiro atoms. The van der Waals surface area contributed by atoms with Crippen molar-refractivity contribution in [2.75, 3.05) is 13.7 Å². The lowest BCUT2D eigenvalue weighted by Gasteiger charge is -2.17. The molecule has 1 aliphatic carbocycles. The lowest BCUT2D eigenvalue weighted by Crippen LogP contribution is -2.36. The van der Waals surface area contributed by atoms with E-state index < -0.39 is 0 Å². The summed E-state index contributed by atoms with van der Waals surface area (Å²) >= 11 is 1.70. The lowest BCUT2D eigenvalue weighted by atomic mass is 10.2. The molecule has 1 aromatic carbocycles. The molecule has 0 saturated heterocycles. The van der Waals surface area contributed by atoms with Crippen LogP contribution in [0.5, 0.6) is 11.5 Å². The van der Waals surface area contributed by atoms with Gasteiger partial charge in [0.1, 0.15) is 5.01 Å². The Morgan fingerprint density at radius 2 is 2.07 bits per heavy atom. The van der Waals surface area contributed by atoms with Crippen LogP contribution in [0.3, 0.4) is 0 Å². The number of aryl methyl sites for hydroxylation is 1. The standard InChI is InChI=1S/C21H30N4O2S/c1-4-22-21(25-14-20-23-12-15(2)28-20)24-13-16-9-10-18(26-3)19(11-16)27-17-7-5-6-8-17/h9-12,17H,4-8,13-14H2,1-3H3,(H2,22,24,25). The number of hydrogen-bond acceptors (Lipinski definition) is 5. The Labute approximate surface area is 171 Å². The predicted octanol–water partition coefficient (Wildman–Crippen LogP) is 4.04. The average Bonchev–Trinajstić information content (AvgIpc) is 3.36. The van der Waals surface area contributed by atoms with Gasteiger partial charge >= 0.3 is 0 Å². The molecule has 1 aliphatic rings. The number of guanidine groups is 1. The highest BCUT2D eigenvalue weighted by molar-refractivity contribution is 7.11. The zero-order valence-corrected chi connectivity index (χ0v) is 17.8. The summed E-state index contributed by atoms with van der Waals surface area (Å²) in [5.41, 5.74) is 1.09. The van der Waals surface area contributed by atoms with Crippen LogP contribution in [-0.4, -0.2) is 30.7 Å². The molecule has 0 atom stereocenters. The largest absolute Gasteiger partial charge is 0.493 e. The third-order valence-corrected chi connectivity index (χ3v) is 5.58. The Hall–Kier alpha value is -2.28. The average molecular weight is 403 g/mol. The lowest BCUT2D eigenvalue weighted by molar-refractivity contribution is 0.200. The van der Waals surface area contributed by atoms with E-state index in [9.17, 15) is 0 Å². The first-order valence-electron chi connectivity index (χ1n) is 9.95. The van der Waals surface area contributed by atoms with E-state index in [0.29, 0.717) is 19.2 Å². The molecule has 152 valence electrons. The fourth-order valence-electron chi connectivity index (χ4n) is 3.25. The van der Waals surface area contributed by atoms with Gasteiger partial charge in [-0.3, -0.25) is 0 Å². The summed E-state index contributed by atoms with van der Waals surface area (Å²) in [5, 5.41) is 7.69. The number of rotatable bonds is 8. The highest BCUT2D eigenvalue weighted by Gasteiger charge is 2.18. The summed E-state index contributed by atoms with van der Waals surface area (Å²) in [6, 6.07) is 6.06. The van der Waals surface area contributed by atoms with Crippen molar-refractivity contribution in [2.24, 2.45) is 4.99 Å². The molecular weight excluding hydrogens is 372 g/mol. The first-order chi connectivity index (χ1) is 13.7. The molecule has 0 amide bonds. The number of methoxy groups -OCH3 is 1. The smallest absolute Gasteiger partial charge is 0.191 e. The van der Waals surface area contributed by atoms with Gasteiger partial charge in [0, 0.05) is 17.6 Å². The van der Waals surface area contributed by atoms with Crippen LogP contribution >= 0.6 is 11.3 Å². The summed E-state index contributed by atoms with van der Waals surface area (Å²) in [4.78, 5) is 10.3. The van der Waals surface area contributed by atoms with Crippen LogP contribution in [-0.2, 0) is 13.1 Å². The van der Waals surface area contributed by atoms with Gasteiger partial charge in [0.2, 0.25) is 0 Å². The monoisotopic (exact) mass is 402 g/mol. The van der Waals surface area contributed by atoms with Crippen molar-refractivity contribution in [1.29, 1.82) is 0 Å². The minimum atomic E-state index is 0.299. The first kappa shape index (κ1) is 20.5. The molecule has 0 unspecified atom stereocenters. The molecule has 2 N–H and O–H groups in total. The van der Waals surface area contributed by atoms with Gasteiger partial charge in [0.05, 0.1) is 26.3 Å². The van der Waals surface area contributed by atoms with E-state index in [1.54, 1.807) is 18.4 Å².